The maximum Gasteiger partial charge on any atom is 0.264 e. The smallest absolute Gasteiger partial charge is 0.264 e. The van der Waals surface area contributed by atoms with Gasteiger partial charge in [0.25, 0.3) is 5.91 Å². The van der Waals surface area contributed by atoms with E-state index in [2.05, 4.69) is 4.98 Å². The number of aromatic nitrogens is 1. The number of amides is 1. The molecule has 1 amide bonds. The van der Waals surface area contributed by atoms with Crippen molar-refractivity contribution in [2.45, 2.75) is 13.5 Å². The van der Waals surface area contributed by atoms with Crippen LogP contribution in [0.25, 0.3) is 0 Å². The van der Waals surface area contributed by atoms with Gasteiger partial charge in [-0.15, -0.1) is 11.3 Å². The van der Waals surface area contributed by atoms with Gasteiger partial charge in [0, 0.05) is 12.7 Å². The van der Waals surface area contributed by atoms with Crippen LogP contribution in [-0.2, 0) is 6.54 Å². The zero-order valence-electron chi connectivity index (χ0n) is 9.67. The third-order valence-electron chi connectivity index (χ3n) is 2.48. The van der Waals surface area contributed by atoms with E-state index in [1.807, 2.05) is 42.6 Å². The van der Waals surface area contributed by atoms with E-state index in [0.717, 1.165) is 10.6 Å². The molecule has 0 N–H and O–H groups in total. The lowest BCUT2D eigenvalue weighted by atomic mass is 10.3. The fourth-order valence-electron chi connectivity index (χ4n) is 1.57. The summed E-state index contributed by atoms with van der Waals surface area (Å²) in [7, 11) is 0. The van der Waals surface area contributed by atoms with Gasteiger partial charge in [-0.1, -0.05) is 12.1 Å². The first-order valence-corrected chi connectivity index (χ1v) is 6.42. The summed E-state index contributed by atoms with van der Waals surface area (Å²) in [5, 5.41) is 1.92. The normalized spacial score (nSPS) is 10.2. The molecule has 0 aromatic carbocycles. The average molecular weight is 246 g/mol. The van der Waals surface area contributed by atoms with Crippen LogP contribution in [0.5, 0.6) is 0 Å². The van der Waals surface area contributed by atoms with Crippen LogP contribution < -0.4 is 0 Å². The molecule has 2 aromatic rings. The molecule has 3 nitrogen and oxygen atoms in total. The highest BCUT2D eigenvalue weighted by Crippen LogP contribution is 2.13. The van der Waals surface area contributed by atoms with Crippen molar-refractivity contribution >= 4 is 17.2 Å². The number of rotatable bonds is 4. The van der Waals surface area contributed by atoms with Crippen molar-refractivity contribution in [1.82, 2.24) is 9.88 Å². The van der Waals surface area contributed by atoms with E-state index in [-0.39, 0.29) is 5.91 Å². The fraction of sp³-hybridized carbons (Fsp3) is 0.231. The predicted molar refractivity (Wildman–Crippen MR) is 69.0 cm³/mol. The van der Waals surface area contributed by atoms with Crippen LogP contribution in [0.4, 0.5) is 0 Å². The molecule has 0 aliphatic heterocycles. The van der Waals surface area contributed by atoms with Crippen LogP contribution in [0, 0.1) is 0 Å². The van der Waals surface area contributed by atoms with Crippen LogP contribution in [0.15, 0.2) is 41.9 Å². The summed E-state index contributed by atoms with van der Waals surface area (Å²) in [5.41, 5.74) is 0.916. The van der Waals surface area contributed by atoms with Crippen molar-refractivity contribution in [1.29, 1.82) is 0 Å². The Morgan fingerprint density at radius 1 is 1.35 bits per heavy atom. The lowest BCUT2D eigenvalue weighted by Gasteiger charge is -2.19. The van der Waals surface area contributed by atoms with Crippen LogP contribution in [0.2, 0.25) is 0 Å². The van der Waals surface area contributed by atoms with E-state index in [1.54, 1.807) is 11.1 Å². The maximum absolute atomic E-state index is 12.1. The van der Waals surface area contributed by atoms with Crippen LogP contribution >= 0.6 is 11.3 Å². The molecular formula is C13H14N2OS. The Labute approximate surface area is 105 Å². The third kappa shape index (κ3) is 2.91. The van der Waals surface area contributed by atoms with Gasteiger partial charge < -0.3 is 4.90 Å². The lowest BCUT2D eigenvalue weighted by molar-refractivity contribution is 0.0755. The van der Waals surface area contributed by atoms with Crippen molar-refractivity contribution in [2.24, 2.45) is 0 Å². The molecule has 0 bridgehead atoms. The maximum atomic E-state index is 12.1. The first kappa shape index (κ1) is 11.8. The molecule has 88 valence electrons. The summed E-state index contributed by atoms with van der Waals surface area (Å²) >= 11 is 1.47. The summed E-state index contributed by atoms with van der Waals surface area (Å²) in [6, 6.07) is 9.50. The Morgan fingerprint density at radius 3 is 2.82 bits per heavy atom. The highest BCUT2D eigenvalue weighted by atomic mass is 32.1. The number of nitrogens with zero attached hydrogens (tertiary/aromatic N) is 2. The molecule has 17 heavy (non-hydrogen) atoms. The molecule has 0 radical (unpaired) electrons. The molecule has 0 saturated heterocycles. The minimum Gasteiger partial charge on any atom is -0.332 e. The van der Waals surface area contributed by atoms with E-state index >= 15 is 0 Å². The van der Waals surface area contributed by atoms with Gasteiger partial charge in [-0.05, 0) is 30.5 Å². The zero-order chi connectivity index (χ0) is 12.1. The highest BCUT2D eigenvalue weighted by molar-refractivity contribution is 7.12. The molecular weight excluding hydrogens is 232 g/mol. The first-order chi connectivity index (χ1) is 8.31. The second kappa shape index (κ2) is 5.59. The minimum absolute atomic E-state index is 0.0770. The predicted octanol–water partition coefficient (Wildman–Crippen LogP) is 2.81. The number of thiophene rings is 1. The molecule has 0 spiro atoms. The van der Waals surface area contributed by atoms with E-state index < -0.39 is 0 Å². The summed E-state index contributed by atoms with van der Waals surface area (Å²) in [4.78, 5) is 19.0. The number of carbonyl (C=O) groups excluding carboxylic acids is 1. The summed E-state index contributed by atoms with van der Waals surface area (Å²) in [6.07, 6.45) is 1.75. The van der Waals surface area contributed by atoms with Gasteiger partial charge >= 0.3 is 0 Å². The summed E-state index contributed by atoms with van der Waals surface area (Å²) in [5.74, 6) is 0.0770. The van der Waals surface area contributed by atoms with Gasteiger partial charge in [-0.3, -0.25) is 9.78 Å². The fourth-order valence-corrected chi connectivity index (χ4v) is 2.26. The molecule has 0 saturated carbocycles. The quantitative estimate of drug-likeness (QED) is 0.831. The van der Waals surface area contributed by atoms with Crippen molar-refractivity contribution < 1.29 is 4.79 Å². The monoisotopic (exact) mass is 246 g/mol. The Kier molecular flexibility index (Phi) is 3.88. The first-order valence-electron chi connectivity index (χ1n) is 5.54. The van der Waals surface area contributed by atoms with Gasteiger partial charge in [-0.2, -0.15) is 0 Å². The lowest BCUT2D eigenvalue weighted by Crippen LogP contribution is -2.30. The topological polar surface area (TPSA) is 33.2 Å². The Balaban J connectivity index is 2.10. The highest BCUT2D eigenvalue weighted by Gasteiger charge is 2.15. The molecule has 2 rings (SSSR count). The Morgan fingerprint density at radius 2 is 2.24 bits per heavy atom. The number of pyridine rings is 1. The molecule has 0 aliphatic carbocycles. The SMILES string of the molecule is CCN(Cc1ccccn1)C(=O)c1cccs1. The van der Waals surface area contributed by atoms with Crippen LogP contribution in [0.1, 0.15) is 22.3 Å². The van der Waals surface area contributed by atoms with Crippen LogP contribution in [-0.4, -0.2) is 22.3 Å². The van der Waals surface area contributed by atoms with Gasteiger partial charge in [-0.25, -0.2) is 0 Å². The molecule has 0 atom stereocenters. The Bertz CT molecular complexity index is 467. The molecule has 4 heteroatoms. The van der Waals surface area contributed by atoms with Crippen molar-refractivity contribution in [3.63, 3.8) is 0 Å². The van der Waals surface area contributed by atoms with Crippen LogP contribution in [0.3, 0.4) is 0 Å². The van der Waals surface area contributed by atoms with E-state index in [1.165, 1.54) is 11.3 Å². The molecule has 0 unspecified atom stereocenters. The van der Waals surface area contributed by atoms with Gasteiger partial charge in [0.05, 0.1) is 17.1 Å². The molecule has 0 fully saturated rings. The van der Waals surface area contributed by atoms with Crippen molar-refractivity contribution in [3.8, 4) is 0 Å². The van der Waals surface area contributed by atoms with E-state index in [9.17, 15) is 4.79 Å². The van der Waals surface area contributed by atoms with E-state index in [4.69, 9.17) is 0 Å². The number of hydrogen-bond acceptors (Lipinski definition) is 3. The largest absolute Gasteiger partial charge is 0.332 e. The summed E-state index contributed by atoms with van der Waals surface area (Å²) in [6.45, 7) is 3.23. The third-order valence-corrected chi connectivity index (χ3v) is 3.34. The molecule has 2 heterocycles. The Hall–Kier alpha value is -1.68. The average Bonchev–Trinajstić information content (AvgIpc) is 2.90. The van der Waals surface area contributed by atoms with Gasteiger partial charge in [0.2, 0.25) is 0 Å². The second-order valence-electron chi connectivity index (χ2n) is 3.62. The van der Waals surface area contributed by atoms with Crippen molar-refractivity contribution in [2.75, 3.05) is 6.54 Å². The standard InChI is InChI=1S/C13H14N2OS/c1-2-15(10-11-6-3-4-8-14-11)13(16)12-7-5-9-17-12/h3-9H,2,10H2,1H3. The van der Waals surface area contributed by atoms with Gasteiger partial charge in [0.1, 0.15) is 0 Å². The van der Waals surface area contributed by atoms with Gasteiger partial charge in [0.15, 0.2) is 0 Å². The van der Waals surface area contributed by atoms with E-state index in [0.29, 0.717) is 13.1 Å². The number of carbonyl (C=O) groups is 1. The zero-order valence-corrected chi connectivity index (χ0v) is 10.5. The molecule has 2 aromatic heterocycles. The minimum atomic E-state index is 0.0770. The second-order valence-corrected chi connectivity index (χ2v) is 4.57. The summed E-state index contributed by atoms with van der Waals surface area (Å²) < 4.78 is 0. The van der Waals surface area contributed by atoms with Crippen molar-refractivity contribution in [3.05, 3.63) is 52.5 Å². The molecule has 0 aliphatic rings. The number of hydrogen-bond donors (Lipinski definition) is 0.